The zero-order valence-electron chi connectivity index (χ0n) is 14.3. The molecule has 0 atom stereocenters. The Bertz CT molecular complexity index is 964. The van der Waals surface area contributed by atoms with Gasteiger partial charge in [0.05, 0.1) is 24.1 Å². The fraction of sp³-hybridized carbons (Fsp3) is 0.211. The van der Waals surface area contributed by atoms with Crippen molar-refractivity contribution in [2.75, 3.05) is 20.3 Å². The number of carbonyl (C=O) groups is 1. The summed E-state index contributed by atoms with van der Waals surface area (Å²) in [6.07, 6.45) is 3.31. The van der Waals surface area contributed by atoms with Crippen LogP contribution in [0.5, 0.6) is 0 Å². The maximum Gasteiger partial charge on any atom is 0.258 e. The van der Waals surface area contributed by atoms with Crippen molar-refractivity contribution in [2.24, 2.45) is 0 Å². The van der Waals surface area contributed by atoms with Crippen LogP contribution < -0.4 is 5.56 Å². The zero-order chi connectivity index (χ0) is 18.4. The summed E-state index contributed by atoms with van der Waals surface area (Å²) in [6.45, 7) is 1.01. The molecule has 1 aromatic carbocycles. The number of para-hydroxylation sites is 1. The fourth-order valence-corrected chi connectivity index (χ4v) is 3.12. The van der Waals surface area contributed by atoms with Crippen molar-refractivity contribution in [3.63, 3.8) is 0 Å². The quantitative estimate of drug-likeness (QED) is 0.650. The summed E-state index contributed by atoms with van der Waals surface area (Å²) in [5.74, 6) is 0.286. The molecule has 2 aromatic heterocycles. The third kappa shape index (κ3) is 4.44. The third-order valence-corrected chi connectivity index (χ3v) is 4.65. The minimum Gasteiger partial charge on any atom is -0.383 e. The number of hydrogen-bond donors (Lipinski definition) is 1. The highest BCUT2D eigenvalue weighted by Crippen LogP contribution is 2.11. The van der Waals surface area contributed by atoms with Crippen LogP contribution in [0.4, 0.5) is 0 Å². The summed E-state index contributed by atoms with van der Waals surface area (Å²) in [5, 5.41) is 2.49. The number of hydrogen-bond acceptors (Lipinski definition) is 5. The van der Waals surface area contributed by atoms with E-state index in [1.807, 2.05) is 23.6 Å². The van der Waals surface area contributed by atoms with Gasteiger partial charge in [-0.25, -0.2) is 4.98 Å². The van der Waals surface area contributed by atoms with Crippen molar-refractivity contribution >= 4 is 34.2 Å². The predicted octanol–water partition coefficient (Wildman–Crippen LogP) is 2.67. The first kappa shape index (κ1) is 18.0. The van der Waals surface area contributed by atoms with Crippen LogP contribution in [-0.2, 0) is 16.1 Å². The average Bonchev–Trinajstić information content (AvgIpc) is 3.17. The number of ether oxygens (including phenoxy) is 1. The van der Waals surface area contributed by atoms with Crippen molar-refractivity contribution in [3.05, 3.63) is 68.9 Å². The van der Waals surface area contributed by atoms with Crippen molar-refractivity contribution < 1.29 is 9.53 Å². The van der Waals surface area contributed by atoms with E-state index in [0.29, 0.717) is 29.9 Å². The number of H-pyrrole nitrogens is 1. The van der Waals surface area contributed by atoms with Gasteiger partial charge in [-0.15, -0.1) is 11.3 Å². The fourth-order valence-electron chi connectivity index (χ4n) is 2.50. The molecule has 0 aliphatic heterocycles. The summed E-state index contributed by atoms with van der Waals surface area (Å²) in [7, 11) is 1.58. The number of amides is 1. The van der Waals surface area contributed by atoms with Gasteiger partial charge < -0.3 is 14.6 Å². The average molecular weight is 369 g/mol. The van der Waals surface area contributed by atoms with Gasteiger partial charge in [0.1, 0.15) is 5.82 Å². The van der Waals surface area contributed by atoms with Crippen molar-refractivity contribution in [3.8, 4) is 0 Å². The first-order valence-corrected chi connectivity index (χ1v) is 9.02. The van der Waals surface area contributed by atoms with E-state index in [0.717, 1.165) is 4.88 Å². The van der Waals surface area contributed by atoms with Gasteiger partial charge in [0.25, 0.3) is 5.56 Å². The van der Waals surface area contributed by atoms with Crippen LogP contribution in [0.2, 0.25) is 0 Å². The lowest BCUT2D eigenvalue weighted by Crippen LogP contribution is -2.33. The summed E-state index contributed by atoms with van der Waals surface area (Å²) in [5.41, 5.74) is 0.401. The molecule has 0 spiro atoms. The van der Waals surface area contributed by atoms with Gasteiger partial charge >= 0.3 is 0 Å². The van der Waals surface area contributed by atoms with Gasteiger partial charge in [0.2, 0.25) is 5.91 Å². The van der Waals surface area contributed by atoms with Crippen molar-refractivity contribution in [2.45, 2.75) is 6.54 Å². The maximum atomic E-state index is 12.6. The number of nitrogens with zero attached hydrogens (tertiary/aromatic N) is 2. The van der Waals surface area contributed by atoms with E-state index in [1.165, 1.54) is 6.08 Å². The van der Waals surface area contributed by atoms with Gasteiger partial charge in [0, 0.05) is 24.6 Å². The second-order valence-electron chi connectivity index (χ2n) is 5.63. The highest BCUT2D eigenvalue weighted by Gasteiger charge is 2.14. The van der Waals surface area contributed by atoms with E-state index >= 15 is 0 Å². The van der Waals surface area contributed by atoms with Gasteiger partial charge in [-0.1, -0.05) is 18.2 Å². The highest BCUT2D eigenvalue weighted by molar-refractivity contribution is 7.10. The van der Waals surface area contributed by atoms with Crippen LogP contribution in [-0.4, -0.2) is 41.0 Å². The molecule has 1 N–H and O–H groups in total. The minimum atomic E-state index is -0.209. The predicted molar refractivity (Wildman–Crippen MR) is 103 cm³/mol. The molecule has 3 aromatic rings. The molecule has 1 amide bonds. The molecule has 0 aliphatic carbocycles. The van der Waals surface area contributed by atoms with Gasteiger partial charge in [-0.3, -0.25) is 9.59 Å². The number of aromatic nitrogens is 2. The topological polar surface area (TPSA) is 75.3 Å². The number of methoxy groups -OCH3 is 1. The SMILES string of the molecule is COCCN(Cc1nc2ccccc2c(=O)[nH]1)C(=O)C=Cc1cccs1. The summed E-state index contributed by atoms with van der Waals surface area (Å²) in [4.78, 5) is 34.6. The zero-order valence-corrected chi connectivity index (χ0v) is 15.2. The Morgan fingerprint density at radius 2 is 2.15 bits per heavy atom. The smallest absolute Gasteiger partial charge is 0.258 e. The molecule has 7 heteroatoms. The largest absolute Gasteiger partial charge is 0.383 e. The number of thiophene rings is 1. The molecule has 3 rings (SSSR count). The molecule has 0 radical (unpaired) electrons. The highest BCUT2D eigenvalue weighted by atomic mass is 32.1. The standard InChI is InChI=1S/C19H19N3O3S/c1-25-11-10-22(18(23)9-8-14-5-4-12-26-14)13-17-20-16-7-3-2-6-15(16)19(24)21-17/h2-9,12H,10-11,13H2,1H3,(H,20,21,24). The second-order valence-corrected chi connectivity index (χ2v) is 6.61. The lowest BCUT2D eigenvalue weighted by Gasteiger charge is -2.20. The lowest BCUT2D eigenvalue weighted by atomic mass is 10.2. The summed E-state index contributed by atoms with van der Waals surface area (Å²) < 4.78 is 5.10. The molecule has 0 aliphatic rings. The van der Waals surface area contributed by atoms with Crippen LogP contribution in [0.15, 0.2) is 52.6 Å². The molecule has 26 heavy (non-hydrogen) atoms. The molecule has 0 saturated carbocycles. The van der Waals surface area contributed by atoms with Gasteiger partial charge in [0.15, 0.2) is 0 Å². The summed E-state index contributed by atoms with van der Waals surface area (Å²) >= 11 is 1.56. The van der Waals surface area contributed by atoms with E-state index in [-0.39, 0.29) is 18.0 Å². The van der Waals surface area contributed by atoms with Crippen LogP contribution >= 0.6 is 11.3 Å². The first-order valence-electron chi connectivity index (χ1n) is 8.15. The molecule has 0 saturated heterocycles. The number of rotatable bonds is 7. The Balaban J connectivity index is 1.81. The van der Waals surface area contributed by atoms with Crippen LogP contribution in [0.25, 0.3) is 17.0 Å². The van der Waals surface area contributed by atoms with Crippen molar-refractivity contribution in [1.82, 2.24) is 14.9 Å². The molecular weight excluding hydrogens is 350 g/mol. The van der Waals surface area contributed by atoms with E-state index < -0.39 is 0 Å². The van der Waals surface area contributed by atoms with Crippen LogP contribution in [0.1, 0.15) is 10.7 Å². The molecule has 2 heterocycles. The van der Waals surface area contributed by atoms with Crippen LogP contribution in [0, 0.1) is 0 Å². The molecule has 0 fully saturated rings. The van der Waals surface area contributed by atoms with Gasteiger partial charge in [-0.2, -0.15) is 0 Å². The van der Waals surface area contributed by atoms with Crippen molar-refractivity contribution in [1.29, 1.82) is 0 Å². The maximum absolute atomic E-state index is 12.6. The normalized spacial score (nSPS) is 11.3. The van der Waals surface area contributed by atoms with E-state index in [4.69, 9.17) is 4.74 Å². The Morgan fingerprint density at radius 1 is 1.31 bits per heavy atom. The number of nitrogens with one attached hydrogen (secondary N) is 1. The lowest BCUT2D eigenvalue weighted by molar-refractivity contribution is -0.127. The Kier molecular flexibility index (Phi) is 5.93. The Labute approximate surface area is 154 Å². The number of fused-ring (bicyclic) bond motifs is 1. The number of benzene rings is 1. The Morgan fingerprint density at radius 3 is 2.92 bits per heavy atom. The van der Waals surface area contributed by atoms with E-state index in [1.54, 1.807) is 47.6 Å². The summed E-state index contributed by atoms with van der Waals surface area (Å²) in [6, 6.07) is 11.0. The molecule has 6 nitrogen and oxygen atoms in total. The van der Waals surface area contributed by atoms with Gasteiger partial charge in [-0.05, 0) is 29.7 Å². The van der Waals surface area contributed by atoms with E-state index in [2.05, 4.69) is 9.97 Å². The minimum absolute atomic E-state index is 0.161. The van der Waals surface area contributed by atoms with Crippen LogP contribution in [0.3, 0.4) is 0 Å². The monoisotopic (exact) mass is 369 g/mol. The van der Waals surface area contributed by atoms with E-state index in [9.17, 15) is 9.59 Å². The second kappa shape index (κ2) is 8.55. The number of aromatic amines is 1. The number of carbonyl (C=O) groups excluding carboxylic acids is 1. The Hall–Kier alpha value is -2.77. The molecular formula is C19H19N3O3S. The molecule has 0 unspecified atom stereocenters. The molecule has 134 valence electrons. The molecule has 0 bridgehead atoms. The first-order chi connectivity index (χ1) is 12.7. The third-order valence-electron chi connectivity index (χ3n) is 3.81.